The highest BCUT2D eigenvalue weighted by Gasteiger charge is 2.13. The molecule has 0 aliphatic carbocycles. The minimum Gasteiger partial charge on any atom is -0.481 e. The molecule has 0 bridgehead atoms. The van der Waals surface area contributed by atoms with Crippen LogP contribution in [0.4, 0.5) is 0 Å². The summed E-state index contributed by atoms with van der Waals surface area (Å²) in [7, 11) is 0. The van der Waals surface area contributed by atoms with Crippen LogP contribution in [0.2, 0.25) is 0 Å². The van der Waals surface area contributed by atoms with Crippen LogP contribution in [0.15, 0.2) is 12.1 Å². The number of carbonyl (C=O) groups is 1. The standard InChI is InChI=1S/C11H10ClNO2/c1-7-2-3-8(5-12)10(6-13)9(7)4-11(14)15/h2-3H,4-5H2,1H3,(H,14,15). The van der Waals surface area contributed by atoms with E-state index in [1.54, 1.807) is 19.1 Å². The van der Waals surface area contributed by atoms with E-state index in [2.05, 4.69) is 0 Å². The Balaban J connectivity index is 3.33. The van der Waals surface area contributed by atoms with Crippen molar-refractivity contribution < 1.29 is 9.90 Å². The molecule has 0 fully saturated rings. The quantitative estimate of drug-likeness (QED) is 0.800. The second-order valence-electron chi connectivity index (χ2n) is 3.21. The predicted molar refractivity (Wildman–Crippen MR) is 56.8 cm³/mol. The molecule has 1 rings (SSSR count). The van der Waals surface area contributed by atoms with Crippen molar-refractivity contribution in [3.05, 3.63) is 34.4 Å². The van der Waals surface area contributed by atoms with Crippen molar-refractivity contribution in [1.82, 2.24) is 0 Å². The fourth-order valence-electron chi connectivity index (χ4n) is 1.43. The van der Waals surface area contributed by atoms with Gasteiger partial charge in [0.2, 0.25) is 0 Å². The number of hydrogen-bond donors (Lipinski definition) is 1. The van der Waals surface area contributed by atoms with E-state index >= 15 is 0 Å². The molecule has 0 saturated heterocycles. The molecule has 78 valence electrons. The molecule has 0 radical (unpaired) electrons. The molecule has 0 saturated carbocycles. The Kier molecular flexibility index (Phi) is 3.70. The summed E-state index contributed by atoms with van der Waals surface area (Å²) in [4.78, 5) is 10.6. The maximum absolute atomic E-state index is 10.6. The zero-order chi connectivity index (χ0) is 11.4. The van der Waals surface area contributed by atoms with Crippen molar-refractivity contribution in [3.63, 3.8) is 0 Å². The Morgan fingerprint density at radius 1 is 1.60 bits per heavy atom. The molecule has 0 aromatic heterocycles. The lowest BCUT2D eigenvalue weighted by Crippen LogP contribution is -2.06. The monoisotopic (exact) mass is 223 g/mol. The third-order valence-corrected chi connectivity index (χ3v) is 2.51. The average Bonchev–Trinajstić information content (AvgIpc) is 2.20. The highest BCUT2D eigenvalue weighted by molar-refractivity contribution is 6.17. The van der Waals surface area contributed by atoms with Crippen molar-refractivity contribution in [3.8, 4) is 6.07 Å². The fourth-order valence-corrected chi connectivity index (χ4v) is 1.65. The van der Waals surface area contributed by atoms with Gasteiger partial charge in [0, 0.05) is 5.88 Å². The number of aryl methyl sites for hydroxylation is 1. The maximum Gasteiger partial charge on any atom is 0.307 e. The molecule has 0 aliphatic rings. The van der Waals surface area contributed by atoms with Gasteiger partial charge in [-0.1, -0.05) is 12.1 Å². The van der Waals surface area contributed by atoms with Gasteiger partial charge in [0.05, 0.1) is 18.1 Å². The van der Waals surface area contributed by atoms with Crippen LogP contribution in [0, 0.1) is 18.3 Å². The molecular weight excluding hydrogens is 214 g/mol. The van der Waals surface area contributed by atoms with Crippen molar-refractivity contribution in [2.45, 2.75) is 19.2 Å². The molecule has 0 heterocycles. The Morgan fingerprint density at radius 2 is 2.27 bits per heavy atom. The lowest BCUT2D eigenvalue weighted by atomic mass is 9.96. The molecule has 0 aliphatic heterocycles. The van der Waals surface area contributed by atoms with Crippen LogP contribution in [-0.2, 0) is 17.1 Å². The second kappa shape index (κ2) is 4.81. The summed E-state index contributed by atoms with van der Waals surface area (Å²) in [5, 5.41) is 17.7. The van der Waals surface area contributed by atoms with E-state index in [-0.39, 0.29) is 12.3 Å². The van der Waals surface area contributed by atoms with Gasteiger partial charge >= 0.3 is 5.97 Å². The first-order valence-electron chi connectivity index (χ1n) is 4.39. The molecule has 1 aromatic rings. The molecule has 4 heteroatoms. The summed E-state index contributed by atoms with van der Waals surface area (Å²) < 4.78 is 0. The third kappa shape index (κ3) is 2.48. The minimum atomic E-state index is -0.943. The molecule has 15 heavy (non-hydrogen) atoms. The molecule has 0 unspecified atom stereocenters. The Morgan fingerprint density at radius 3 is 2.73 bits per heavy atom. The van der Waals surface area contributed by atoms with Crippen LogP contribution in [0.3, 0.4) is 0 Å². The summed E-state index contributed by atoms with van der Waals surface area (Å²) in [5.74, 6) is -0.725. The first-order valence-corrected chi connectivity index (χ1v) is 4.92. The van der Waals surface area contributed by atoms with Crippen molar-refractivity contribution in [2.24, 2.45) is 0 Å². The first-order chi connectivity index (χ1) is 7.10. The summed E-state index contributed by atoms with van der Waals surface area (Å²) in [6.07, 6.45) is -0.139. The van der Waals surface area contributed by atoms with E-state index < -0.39 is 5.97 Å². The van der Waals surface area contributed by atoms with Crippen LogP contribution >= 0.6 is 11.6 Å². The van der Waals surface area contributed by atoms with Gasteiger partial charge in [-0.25, -0.2) is 0 Å². The number of nitriles is 1. The van der Waals surface area contributed by atoms with E-state index in [9.17, 15) is 4.79 Å². The number of hydrogen-bond acceptors (Lipinski definition) is 2. The summed E-state index contributed by atoms with van der Waals surface area (Å²) >= 11 is 5.67. The first kappa shape index (κ1) is 11.5. The molecular formula is C11H10ClNO2. The lowest BCUT2D eigenvalue weighted by Gasteiger charge is -2.08. The summed E-state index contributed by atoms with van der Waals surface area (Å²) in [6.45, 7) is 1.79. The smallest absolute Gasteiger partial charge is 0.307 e. The van der Waals surface area contributed by atoms with Gasteiger partial charge in [0.15, 0.2) is 0 Å². The van der Waals surface area contributed by atoms with E-state index in [4.69, 9.17) is 22.0 Å². The number of benzene rings is 1. The SMILES string of the molecule is Cc1ccc(CCl)c(C#N)c1CC(=O)O. The molecule has 0 amide bonds. The topological polar surface area (TPSA) is 61.1 Å². The Hall–Kier alpha value is -1.53. The van der Waals surface area contributed by atoms with Crippen molar-refractivity contribution >= 4 is 17.6 Å². The van der Waals surface area contributed by atoms with Gasteiger partial charge in [-0.05, 0) is 23.6 Å². The largest absolute Gasteiger partial charge is 0.481 e. The third-order valence-electron chi connectivity index (χ3n) is 2.22. The Bertz CT molecular complexity index is 435. The van der Waals surface area contributed by atoms with Crippen LogP contribution in [-0.4, -0.2) is 11.1 Å². The number of carboxylic acids is 1. The zero-order valence-corrected chi connectivity index (χ0v) is 9.01. The van der Waals surface area contributed by atoms with Gasteiger partial charge in [-0.2, -0.15) is 5.26 Å². The van der Waals surface area contributed by atoms with Gasteiger partial charge in [0.1, 0.15) is 0 Å². The summed E-state index contributed by atoms with van der Waals surface area (Å²) in [6, 6.07) is 5.56. The number of rotatable bonds is 3. The number of halogens is 1. The molecule has 0 atom stereocenters. The van der Waals surface area contributed by atoms with E-state index in [0.717, 1.165) is 5.56 Å². The van der Waals surface area contributed by atoms with E-state index in [0.29, 0.717) is 16.7 Å². The van der Waals surface area contributed by atoms with Crippen molar-refractivity contribution in [2.75, 3.05) is 0 Å². The highest BCUT2D eigenvalue weighted by atomic mass is 35.5. The van der Waals surface area contributed by atoms with E-state index in [1.165, 1.54) is 0 Å². The minimum absolute atomic E-state index is 0.139. The zero-order valence-electron chi connectivity index (χ0n) is 8.25. The molecule has 1 N–H and O–H groups in total. The number of carboxylic acid groups (broad SMARTS) is 1. The number of aliphatic carboxylic acids is 1. The normalized spacial score (nSPS) is 9.67. The van der Waals surface area contributed by atoms with Crippen LogP contribution in [0.5, 0.6) is 0 Å². The molecule has 0 spiro atoms. The number of alkyl halides is 1. The van der Waals surface area contributed by atoms with Crippen LogP contribution < -0.4 is 0 Å². The summed E-state index contributed by atoms with van der Waals surface area (Å²) in [5.41, 5.74) is 2.44. The number of nitrogens with zero attached hydrogens (tertiary/aromatic N) is 1. The van der Waals surface area contributed by atoms with Crippen LogP contribution in [0.25, 0.3) is 0 Å². The average molecular weight is 224 g/mol. The van der Waals surface area contributed by atoms with Gasteiger partial charge < -0.3 is 5.11 Å². The molecule has 1 aromatic carbocycles. The van der Waals surface area contributed by atoms with E-state index in [1.807, 2.05) is 6.07 Å². The van der Waals surface area contributed by atoms with Crippen LogP contribution in [0.1, 0.15) is 22.3 Å². The highest BCUT2D eigenvalue weighted by Crippen LogP contribution is 2.20. The molecule has 3 nitrogen and oxygen atoms in total. The Labute approximate surface area is 92.9 Å². The van der Waals surface area contributed by atoms with Gasteiger partial charge in [-0.15, -0.1) is 11.6 Å². The van der Waals surface area contributed by atoms with Gasteiger partial charge in [0.25, 0.3) is 0 Å². The predicted octanol–water partition coefficient (Wildman–Crippen LogP) is 2.23. The van der Waals surface area contributed by atoms with Gasteiger partial charge in [-0.3, -0.25) is 4.79 Å². The van der Waals surface area contributed by atoms with Crippen molar-refractivity contribution in [1.29, 1.82) is 5.26 Å². The maximum atomic E-state index is 10.6. The lowest BCUT2D eigenvalue weighted by molar-refractivity contribution is -0.136. The second-order valence-corrected chi connectivity index (χ2v) is 3.48. The fraction of sp³-hybridized carbons (Fsp3) is 0.273.